The Hall–Kier alpha value is -0.0500. The molecule has 0 saturated heterocycles. The maximum Gasteiger partial charge on any atom is 0.505 e. The van der Waals surface area contributed by atoms with Crippen molar-refractivity contribution in [2.24, 2.45) is 11.7 Å². The minimum Gasteiger partial charge on any atom is -0.302 e. The predicted molar refractivity (Wildman–Crippen MR) is 46.8 cm³/mol. The van der Waals surface area contributed by atoms with Gasteiger partial charge in [-0.3, -0.25) is 0 Å². The summed E-state index contributed by atoms with van der Waals surface area (Å²) in [7, 11) is -2.03. The lowest BCUT2D eigenvalue weighted by Gasteiger charge is -2.07. The molecule has 3 unspecified atom stereocenters. The van der Waals surface area contributed by atoms with Gasteiger partial charge in [-0.05, 0) is 29.7 Å². The summed E-state index contributed by atoms with van der Waals surface area (Å²) in [4.78, 5) is 8.49. The lowest BCUT2D eigenvalue weighted by Crippen LogP contribution is -2.14. The number of hydrogen-bond donors (Lipinski definition) is 2. The smallest absolute Gasteiger partial charge is 0.302 e. The van der Waals surface area contributed by atoms with E-state index in [-0.39, 0.29) is 5.92 Å². The second kappa shape index (κ2) is 6.46. The molecule has 5 heteroatoms. The van der Waals surface area contributed by atoms with Crippen molar-refractivity contribution in [1.82, 2.24) is 0 Å². The molecule has 0 spiro atoms. The number of alkyl halides is 1. The molecule has 0 aliphatic carbocycles. The summed E-state index contributed by atoms with van der Waals surface area (Å²) in [6.07, 6.45) is 0.732. The standard InChI is InChI=1S/C7H15FNO2P/c1-6(2-3-7(8)9)4-5-12(10)11/h6-7H,2-5,9H2,1H3/p+1. The van der Waals surface area contributed by atoms with Crippen LogP contribution in [-0.4, -0.2) is 17.4 Å². The Morgan fingerprint density at radius 1 is 1.50 bits per heavy atom. The van der Waals surface area contributed by atoms with Gasteiger partial charge in [-0.25, -0.2) is 4.39 Å². The van der Waals surface area contributed by atoms with Crippen LogP contribution >= 0.6 is 8.03 Å². The van der Waals surface area contributed by atoms with Gasteiger partial charge < -0.3 is 5.73 Å². The van der Waals surface area contributed by atoms with Gasteiger partial charge in [0.2, 0.25) is 0 Å². The Kier molecular flexibility index (Phi) is 6.44. The van der Waals surface area contributed by atoms with Crippen LogP contribution < -0.4 is 5.73 Å². The number of nitrogens with two attached hydrogens (primary N) is 1. The topological polar surface area (TPSA) is 63.3 Å². The van der Waals surface area contributed by atoms with E-state index in [1.54, 1.807) is 0 Å². The zero-order chi connectivity index (χ0) is 9.56. The van der Waals surface area contributed by atoms with Crippen LogP contribution in [0.1, 0.15) is 26.2 Å². The average Bonchev–Trinajstić information content (AvgIpc) is 1.96. The summed E-state index contributed by atoms with van der Waals surface area (Å²) in [6, 6.07) is 0. The van der Waals surface area contributed by atoms with Crippen molar-refractivity contribution in [3.05, 3.63) is 0 Å². The molecule has 0 aromatic heterocycles. The van der Waals surface area contributed by atoms with Crippen LogP contribution in [0.4, 0.5) is 4.39 Å². The average molecular weight is 196 g/mol. The molecular weight excluding hydrogens is 180 g/mol. The predicted octanol–water partition coefficient (Wildman–Crippen LogP) is 1.78. The fourth-order valence-corrected chi connectivity index (χ4v) is 1.58. The molecule has 0 rings (SSSR count). The van der Waals surface area contributed by atoms with E-state index >= 15 is 0 Å². The van der Waals surface area contributed by atoms with E-state index in [1.807, 2.05) is 6.92 Å². The Morgan fingerprint density at radius 2 is 2.08 bits per heavy atom. The summed E-state index contributed by atoms with van der Waals surface area (Å²) in [6.45, 7) is 1.93. The van der Waals surface area contributed by atoms with E-state index in [0.29, 0.717) is 25.4 Å². The van der Waals surface area contributed by atoms with Crippen LogP contribution in [0.2, 0.25) is 0 Å². The van der Waals surface area contributed by atoms with Gasteiger partial charge in [-0.2, -0.15) is 4.89 Å². The molecule has 0 aromatic carbocycles. The highest BCUT2D eigenvalue weighted by Crippen LogP contribution is 2.20. The second-order valence-corrected chi connectivity index (χ2v) is 4.21. The minimum atomic E-state index is -2.03. The summed E-state index contributed by atoms with van der Waals surface area (Å²) >= 11 is 0. The number of rotatable bonds is 6. The van der Waals surface area contributed by atoms with Crippen LogP contribution in [0, 0.1) is 5.92 Å². The van der Waals surface area contributed by atoms with Crippen molar-refractivity contribution in [3.63, 3.8) is 0 Å². The fourth-order valence-electron chi connectivity index (χ4n) is 0.919. The lowest BCUT2D eigenvalue weighted by atomic mass is 10.0. The summed E-state index contributed by atoms with van der Waals surface area (Å²) in [5, 5.41) is 0. The van der Waals surface area contributed by atoms with Crippen molar-refractivity contribution >= 4 is 8.03 Å². The number of halogens is 1. The van der Waals surface area contributed by atoms with Crippen LogP contribution in [0.15, 0.2) is 0 Å². The second-order valence-electron chi connectivity index (χ2n) is 3.06. The maximum atomic E-state index is 12.1. The van der Waals surface area contributed by atoms with Crippen LogP contribution in [-0.2, 0) is 4.57 Å². The minimum absolute atomic E-state index is 0.276. The van der Waals surface area contributed by atoms with E-state index in [0.717, 1.165) is 0 Å². The fraction of sp³-hybridized carbons (Fsp3) is 1.00. The highest BCUT2D eigenvalue weighted by molar-refractivity contribution is 7.37. The molecule has 72 valence electrons. The molecule has 0 aliphatic heterocycles. The number of hydrogen-bond acceptors (Lipinski definition) is 2. The molecule has 3 atom stereocenters. The summed E-state index contributed by atoms with van der Waals surface area (Å²) < 4.78 is 22.4. The van der Waals surface area contributed by atoms with Crippen molar-refractivity contribution in [1.29, 1.82) is 0 Å². The third-order valence-electron chi connectivity index (χ3n) is 1.75. The molecule has 0 saturated carbocycles. The van der Waals surface area contributed by atoms with E-state index in [4.69, 9.17) is 10.6 Å². The van der Waals surface area contributed by atoms with Crippen molar-refractivity contribution in [2.75, 3.05) is 6.16 Å². The maximum absolute atomic E-state index is 12.1. The molecule has 0 radical (unpaired) electrons. The molecule has 3 N–H and O–H groups in total. The first-order chi connectivity index (χ1) is 5.52. The molecular formula is C7H16FNO2P+. The molecule has 3 nitrogen and oxygen atoms in total. The van der Waals surface area contributed by atoms with Gasteiger partial charge in [-0.15, -0.1) is 0 Å². The first-order valence-corrected chi connectivity index (χ1v) is 5.45. The van der Waals surface area contributed by atoms with Gasteiger partial charge in [0, 0.05) is 0 Å². The largest absolute Gasteiger partial charge is 0.505 e. The molecule has 0 heterocycles. The van der Waals surface area contributed by atoms with E-state index in [9.17, 15) is 8.96 Å². The summed E-state index contributed by atoms with van der Waals surface area (Å²) in [5.74, 6) is 0.276. The normalized spacial score (nSPS) is 17.2. The van der Waals surface area contributed by atoms with Gasteiger partial charge in [0.15, 0.2) is 6.16 Å². The SMILES string of the molecule is CC(CCC(N)F)CC[P+](=O)O. The van der Waals surface area contributed by atoms with Crippen LogP contribution in [0.3, 0.4) is 0 Å². The van der Waals surface area contributed by atoms with Crippen molar-refractivity contribution < 1.29 is 13.8 Å². The first kappa shape index (κ1) is 11.9. The monoisotopic (exact) mass is 196 g/mol. The zero-order valence-electron chi connectivity index (χ0n) is 7.24. The van der Waals surface area contributed by atoms with Gasteiger partial charge in [-0.1, -0.05) is 6.92 Å². The highest BCUT2D eigenvalue weighted by Gasteiger charge is 2.13. The van der Waals surface area contributed by atoms with Crippen molar-refractivity contribution in [3.8, 4) is 0 Å². The Labute approximate surface area is 73.0 Å². The molecule has 0 bridgehead atoms. The molecule has 0 fully saturated rings. The lowest BCUT2D eigenvalue weighted by molar-refractivity contribution is 0.297. The van der Waals surface area contributed by atoms with Gasteiger partial charge in [0.05, 0.1) is 0 Å². The third kappa shape index (κ3) is 8.05. The molecule has 0 amide bonds. The molecule has 12 heavy (non-hydrogen) atoms. The van der Waals surface area contributed by atoms with Crippen molar-refractivity contribution in [2.45, 2.75) is 32.5 Å². The first-order valence-electron chi connectivity index (χ1n) is 4.05. The van der Waals surface area contributed by atoms with Gasteiger partial charge >= 0.3 is 8.03 Å². The zero-order valence-corrected chi connectivity index (χ0v) is 8.14. The molecule has 0 aromatic rings. The molecule has 0 aliphatic rings. The van der Waals surface area contributed by atoms with Gasteiger partial charge in [0.1, 0.15) is 6.30 Å². The Morgan fingerprint density at radius 3 is 2.50 bits per heavy atom. The van der Waals surface area contributed by atoms with E-state index in [2.05, 4.69) is 0 Å². The Balaban J connectivity index is 3.33. The third-order valence-corrected chi connectivity index (χ3v) is 2.39. The van der Waals surface area contributed by atoms with Crippen LogP contribution in [0.5, 0.6) is 0 Å². The summed E-state index contributed by atoms with van der Waals surface area (Å²) in [5.41, 5.74) is 4.92. The highest BCUT2D eigenvalue weighted by atomic mass is 31.1. The quantitative estimate of drug-likeness (QED) is 0.502. The van der Waals surface area contributed by atoms with Gasteiger partial charge in [0.25, 0.3) is 0 Å². The van der Waals surface area contributed by atoms with E-state index < -0.39 is 14.3 Å². The van der Waals surface area contributed by atoms with E-state index in [1.165, 1.54) is 0 Å². The van der Waals surface area contributed by atoms with Crippen LogP contribution in [0.25, 0.3) is 0 Å². The Bertz CT molecular complexity index is 143.